The van der Waals surface area contributed by atoms with Gasteiger partial charge in [-0.05, 0) is 46.5 Å². The van der Waals surface area contributed by atoms with Gasteiger partial charge in [-0.3, -0.25) is 0 Å². The Hall–Kier alpha value is -0.810. The van der Waals surface area contributed by atoms with Crippen LogP contribution in [0.25, 0.3) is 0 Å². The maximum Gasteiger partial charge on any atom is 0.410 e. The molecule has 0 aromatic rings. The lowest BCUT2D eigenvalue weighted by Gasteiger charge is -2.26. The molecule has 0 bridgehead atoms. The van der Waals surface area contributed by atoms with Gasteiger partial charge < -0.3 is 19.7 Å². The van der Waals surface area contributed by atoms with Crippen molar-refractivity contribution in [1.29, 1.82) is 0 Å². The Balaban J connectivity index is 1.77. The number of amides is 1. The van der Waals surface area contributed by atoms with Crippen LogP contribution in [0.15, 0.2) is 0 Å². The van der Waals surface area contributed by atoms with E-state index in [0.29, 0.717) is 12.1 Å². The molecule has 0 spiro atoms. The Labute approximate surface area is 122 Å². The van der Waals surface area contributed by atoms with Crippen molar-refractivity contribution in [3.05, 3.63) is 0 Å². The first-order valence-electron chi connectivity index (χ1n) is 7.76. The summed E-state index contributed by atoms with van der Waals surface area (Å²) in [6.45, 7) is 9.00. The average Bonchev–Trinajstić information content (AvgIpc) is 2.72. The Bertz CT molecular complexity index is 322. The monoisotopic (exact) mass is 284 g/mol. The molecule has 0 saturated carbocycles. The van der Waals surface area contributed by atoms with Crippen LogP contribution in [0.4, 0.5) is 4.79 Å². The van der Waals surface area contributed by atoms with Gasteiger partial charge in [-0.2, -0.15) is 0 Å². The Morgan fingerprint density at radius 1 is 1.20 bits per heavy atom. The van der Waals surface area contributed by atoms with Gasteiger partial charge in [0.2, 0.25) is 0 Å². The lowest BCUT2D eigenvalue weighted by molar-refractivity contribution is 0.0256. The van der Waals surface area contributed by atoms with Crippen LogP contribution in [0, 0.1) is 0 Å². The third-order valence-corrected chi connectivity index (χ3v) is 3.78. The van der Waals surface area contributed by atoms with Crippen LogP contribution in [0.2, 0.25) is 0 Å². The van der Waals surface area contributed by atoms with Crippen molar-refractivity contribution in [2.75, 3.05) is 26.3 Å². The molecule has 2 aliphatic heterocycles. The summed E-state index contributed by atoms with van der Waals surface area (Å²) in [6.07, 6.45) is 4.07. The Morgan fingerprint density at radius 3 is 2.65 bits per heavy atom. The Kier molecular flexibility index (Phi) is 5.27. The largest absolute Gasteiger partial charge is 0.444 e. The number of carbonyl (C=O) groups is 1. The molecule has 1 amide bonds. The summed E-state index contributed by atoms with van der Waals surface area (Å²) in [7, 11) is 0. The minimum absolute atomic E-state index is 0.178. The van der Waals surface area contributed by atoms with Gasteiger partial charge in [-0.1, -0.05) is 0 Å². The lowest BCUT2D eigenvalue weighted by atomic mass is 10.1. The van der Waals surface area contributed by atoms with Crippen molar-refractivity contribution in [3.8, 4) is 0 Å². The maximum atomic E-state index is 12.1. The average molecular weight is 284 g/mol. The summed E-state index contributed by atoms with van der Waals surface area (Å²) in [4.78, 5) is 13.9. The number of nitrogens with zero attached hydrogens (tertiary/aromatic N) is 1. The molecule has 20 heavy (non-hydrogen) atoms. The van der Waals surface area contributed by atoms with Gasteiger partial charge in [0.05, 0.1) is 6.61 Å². The van der Waals surface area contributed by atoms with Crippen LogP contribution in [0.1, 0.15) is 46.5 Å². The van der Waals surface area contributed by atoms with E-state index in [1.165, 1.54) is 0 Å². The quantitative estimate of drug-likeness (QED) is 0.844. The molecule has 0 aromatic carbocycles. The standard InChI is InChI=1S/C15H28N2O3/c1-15(2,3)20-14(18)17-8-4-5-12(6-9-17)16-13-7-10-19-11-13/h12-13,16H,4-11H2,1-3H3. The zero-order chi connectivity index (χ0) is 14.6. The van der Waals surface area contributed by atoms with Crippen LogP contribution >= 0.6 is 0 Å². The highest BCUT2D eigenvalue weighted by Gasteiger charge is 2.26. The zero-order valence-electron chi connectivity index (χ0n) is 13.0. The highest BCUT2D eigenvalue weighted by Crippen LogP contribution is 2.17. The van der Waals surface area contributed by atoms with E-state index in [-0.39, 0.29) is 6.09 Å². The van der Waals surface area contributed by atoms with Crippen molar-refractivity contribution in [2.45, 2.75) is 64.1 Å². The molecule has 116 valence electrons. The normalized spacial score (nSPS) is 28.2. The fourth-order valence-electron chi connectivity index (χ4n) is 2.77. The van der Waals surface area contributed by atoms with Crippen molar-refractivity contribution in [2.24, 2.45) is 0 Å². The van der Waals surface area contributed by atoms with Gasteiger partial charge in [0.15, 0.2) is 0 Å². The second kappa shape index (κ2) is 6.76. The number of nitrogens with one attached hydrogen (secondary N) is 1. The number of rotatable bonds is 2. The summed E-state index contributed by atoms with van der Waals surface area (Å²) in [5.41, 5.74) is -0.414. The first-order valence-corrected chi connectivity index (χ1v) is 7.76. The van der Waals surface area contributed by atoms with Crippen LogP contribution in [-0.2, 0) is 9.47 Å². The van der Waals surface area contributed by atoms with Crippen LogP contribution in [0.5, 0.6) is 0 Å². The van der Waals surface area contributed by atoms with E-state index in [9.17, 15) is 4.79 Å². The number of hydrogen-bond donors (Lipinski definition) is 1. The molecule has 2 rings (SSSR count). The van der Waals surface area contributed by atoms with Crippen LogP contribution < -0.4 is 5.32 Å². The molecular formula is C15H28N2O3. The zero-order valence-corrected chi connectivity index (χ0v) is 13.0. The minimum Gasteiger partial charge on any atom is -0.444 e. The number of ether oxygens (including phenoxy) is 2. The lowest BCUT2D eigenvalue weighted by Crippen LogP contribution is -2.40. The molecule has 5 heteroatoms. The van der Waals surface area contributed by atoms with E-state index < -0.39 is 5.60 Å². The fraction of sp³-hybridized carbons (Fsp3) is 0.933. The van der Waals surface area contributed by atoms with Gasteiger partial charge in [0, 0.05) is 31.8 Å². The highest BCUT2D eigenvalue weighted by atomic mass is 16.6. The van der Waals surface area contributed by atoms with E-state index in [2.05, 4.69) is 5.32 Å². The molecule has 2 unspecified atom stereocenters. The van der Waals surface area contributed by atoms with Gasteiger partial charge in [0.25, 0.3) is 0 Å². The summed E-state index contributed by atoms with van der Waals surface area (Å²) in [5, 5.41) is 3.66. The number of hydrogen-bond acceptors (Lipinski definition) is 4. The minimum atomic E-state index is -0.414. The first-order chi connectivity index (χ1) is 9.44. The van der Waals surface area contributed by atoms with E-state index in [0.717, 1.165) is 52.0 Å². The van der Waals surface area contributed by atoms with Crippen LogP contribution in [0.3, 0.4) is 0 Å². The topological polar surface area (TPSA) is 50.8 Å². The second-order valence-corrected chi connectivity index (χ2v) is 6.82. The first kappa shape index (κ1) is 15.6. The van der Waals surface area contributed by atoms with Crippen molar-refractivity contribution < 1.29 is 14.3 Å². The third kappa shape index (κ3) is 4.94. The molecule has 1 N–H and O–H groups in total. The summed E-state index contributed by atoms with van der Waals surface area (Å²) in [5.74, 6) is 0. The predicted molar refractivity (Wildman–Crippen MR) is 77.8 cm³/mol. The molecule has 5 nitrogen and oxygen atoms in total. The van der Waals surface area contributed by atoms with E-state index in [4.69, 9.17) is 9.47 Å². The molecule has 2 heterocycles. The van der Waals surface area contributed by atoms with Crippen molar-refractivity contribution in [1.82, 2.24) is 10.2 Å². The van der Waals surface area contributed by atoms with Gasteiger partial charge in [-0.25, -0.2) is 4.79 Å². The summed E-state index contributed by atoms with van der Waals surface area (Å²) < 4.78 is 10.8. The second-order valence-electron chi connectivity index (χ2n) is 6.82. The maximum absolute atomic E-state index is 12.1. The van der Waals surface area contributed by atoms with E-state index in [1.54, 1.807) is 0 Å². The molecule has 2 aliphatic rings. The molecule has 2 atom stereocenters. The van der Waals surface area contributed by atoms with Gasteiger partial charge in [0.1, 0.15) is 5.60 Å². The molecule has 2 saturated heterocycles. The highest BCUT2D eigenvalue weighted by molar-refractivity contribution is 5.68. The van der Waals surface area contributed by atoms with Gasteiger partial charge in [-0.15, -0.1) is 0 Å². The third-order valence-electron chi connectivity index (χ3n) is 3.78. The molecule has 0 aromatic heterocycles. The number of likely N-dealkylation sites (tertiary alicyclic amines) is 1. The molecule has 0 radical (unpaired) electrons. The van der Waals surface area contributed by atoms with E-state index in [1.807, 2.05) is 25.7 Å². The molecule has 2 fully saturated rings. The van der Waals surface area contributed by atoms with Crippen molar-refractivity contribution in [3.63, 3.8) is 0 Å². The molecular weight excluding hydrogens is 256 g/mol. The van der Waals surface area contributed by atoms with Crippen molar-refractivity contribution >= 4 is 6.09 Å². The smallest absolute Gasteiger partial charge is 0.410 e. The van der Waals surface area contributed by atoms with Crippen LogP contribution in [-0.4, -0.2) is 55.0 Å². The SMILES string of the molecule is CC(C)(C)OC(=O)N1CCCC(NC2CCOC2)CC1. The van der Waals surface area contributed by atoms with E-state index >= 15 is 0 Å². The molecule has 0 aliphatic carbocycles. The number of carbonyl (C=O) groups excluding carboxylic acids is 1. The summed E-state index contributed by atoms with van der Waals surface area (Å²) >= 11 is 0. The Morgan fingerprint density at radius 2 is 2.00 bits per heavy atom. The fourth-order valence-corrected chi connectivity index (χ4v) is 2.77. The summed E-state index contributed by atoms with van der Waals surface area (Å²) in [6, 6.07) is 0.988. The predicted octanol–water partition coefficient (Wildman–Crippen LogP) is 2.15. The van der Waals surface area contributed by atoms with Gasteiger partial charge >= 0.3 is 6.09 Å².